The van der Waals surface area contributed by atoms with E-state index in [9.17, 15) is 18.3 Å². The lowest BCUT2D eigenvalue weighted by atomic mass is 10.1. The molecule has 1 fully saturated rings. The predicted octanol–water partition coefficient (Wildman–Crippen LogP) is -0.0623. The van der Waals surface area contributed by atoms with E-state index in [1.54, 1.807) is 0 Å². The summed E-state index contributed by atoms with van der Waals surface area (Å²) in [6.45, 7) is 0.438. The third kappa shape index (κ3) is 2.90. The van der Waals surface area contributed by atoms with E-state index in [-0.39, 0.29) is 16.5 Å². The van der Waals surface area contributed by atoms with Gasteiger partial charge in [-0.3, -0.25) is 0 Å². The largest absolute Gasteiger partial charge is 0.389 e. The van der Waals surface area contributed by atoms with Crippen molar-refractivity contribution < 1.29 is 18.3 Å². The number of imidazole rings is 1. The van der Waals surface area contributed by atoms with Gasteiger partial charge in [0.2, 0.25) is 10.0 Å². The Balaban J connectivity index is 1.97. The number of aliphatic hydroxyl groups excluding tert-OH is 1. The summed E-state index contributed by atoms with van der Waals surface area (Å²) in [6.07, 6.45) is -0.556. The number of sulfonamides is 1. The summed E-state index contributed by atoms with van der Waals surface area (Å²) in [5, 5.41) is 9.77. The summed E-state index contributed by atoms with van der Waals surface area (Å²) in [6, 6.07) is 2.00. The number of benzene rings is 1. The van der Waals surface area contributed by atoms with Crippen LogP contribution in [0.4, 0.5) is 0 Å². The van der Waals surface area contributed by atoms with Gasteiger partial charge in [0.15, 0.2) is 0 Å². The van der Waals surface area contributed by atoms with E-state index in [1.807, 2.05) is 0 Å². The van der Waals surface area contributed by atoms with Crippen LogP contribution in [0, 0.1) is 0 Å². The molecule has 8 nitrogen and oxygen atoms in total. The van der Waals surface area contributed by atoms with Gasteiger partial charge in [0.25, 0.3) is 0 Å². The molecule has 0 saturated carbocycles. The molecule has 1 saturated heterocycles. The number of H-pyrrole nitrogens is 2. The fourth-order valence-corrected chi connectivity index (χ4v) is 4.22. The van der Waals surface area contributed by atoms with Gasteiger partial charge in [0.1, 0.15) is 4.90 Å². The highest BCUT2D eigenvalue weighted by Crippen LogP contribution is 2.26. The minimum absolute atomic E-state index is 0.0169. The van der Waals surface area contributed by atoms with E-state index in [0.717, 1.165) is 0 Å². The number of rotatable bonds is 3. The molecule has 2 aromatic rings. The second-order valence-electron chi connectivity index (χ2n) is 5.07. The molecule has 0 radical (unpaired) electrons. The Bertz CT molecular complexity index is 859. The molecule has 2 heterocycles. The van der Waals surface area contributed by atoms with Crippen LogP contribution in [0.15, 0.2) is 21.8 Å². The monoisotopic (exact) mass is 347 g/mol. The second kappa shape index (κ2) is 5.67. The van der Waals surface area contributed by atoms with Crippen molar-refractivity contribution in [2.75, 3.05) is 13.2 Å². The van der Waals surface area contributed by atoms with Crippen LogP contribution in [0.3, 0.4) is 0 Å². The number of halogens is 1. The fourth-order valence-electron chi connectivity index (χ4n) is 2.37. The smallest absolute Gasteiger partial charge is 0.323 e. The maximum absolute atomic E-state index is 12.5. The van der Waals surface area contributed by atoms with Crippen LogP contribution in [-0.2, 0) is 14.8 Å². The zero-order chi connectivity index (χ0) is 15.9. The molecule has 0 aliphatic carbocycles. The lowest BCUT2D eigenvalue weighted by molar-refractivity contribution is -0.0222. The standard InChI is InChI=1S/C12H14ClN3O5S/c13-6-3-8-9(15-12(18)14-8)4-11(6)22(19,20)16-7-1-2-21-5-10(7)17/h3-4,7,10,16-17H,1-2,5H2,(H2,14,15,18)/t7-,10-/m1/s1. The van der Waals surface area contributed by atoms with Gasteiger partial charge in [0.05, 0.1) is 34.8 Å². The van der Waals surface area contributed by atoms with E-state index in [1.165, 1.54) is 12.1 Å². The molecule has 1 aromatic heterocycles. The Morgan fingerprint density at radius 1 is 1.32 bits per heavy atom. The zero-order valence-electron chi connectivity index (χ0n) is 11.3. The molecular formula is C12H14ClN3O5S. The molecule has 10 heteroatoms. The van der Waals surface area contributed by atoms with E-state index >= 15 is 0 Å². The van der Waals surface area contributed by atoms with Gasteiger partial charge in [-0.25, -0.2) is 17.9 Å². The molecule has 4 N–H and O–H groups in total. The lowest BCUT2D eigenvalue weighted by Crippen LogP contribution is -2.48. The van der Waals surface area contributed by atoms with Crippen LogP contribution in [0.1, 0.15) is 6.42 Å². The maximum atomic E-state index is 12.5. The highest BCUT2D eigenvalue weighted by Gasteiger charge is 2.30. The fraction of sp³-hybridized carbons (Fsp3) is 0.417. The van der Waals surface area contributed by atoms with E-state index < -0.39 is 27.9 Å². The van der Waals surface area contributed by atoms with E-state index in [2.05, 4.69) is 14.7 Å². The van der Waals surface area contributed by atoms with Crippen molar-refractivity contribution in [3.63, 3.8) is 0 Å². The number of aromatic nitrogens is 2. The van der Waals surface area contributed by atoms with E-state index in [4.69, 9.17) is 16.3 Å². The Morgan fingerprint density at radius 2 is 2.00 bits per heavy atom. The normalized spacial score (nSPS) is 23.0. The third-order valence-electron chi connectivity index (χ3n) is 3.49. The lowest BCUT2D eigenvalue weighted by Gasteiger charge is -2.28. The molecular weight excluding hydrogens is 334 g/mol. The summed E-state index contributed by atoms with van der Waals surface area (Å²) in [7, 11) is -3.94. The molecule has 22 heavy (non-hydrogen) atoms. The minimum atomic E-state index is -3.94. The Morgan fingerprint density at radius 3 is 2.68 bits per heavy atom. The summed E-state index contributed by atoms with van der Waals surface area (Å²) >= 11 is 6.01. The summed E-state index contributed by atoms with van der Waals surface area (Å²) < 4.78 is 32.4. The van der Waals surface area contributed by atoms with Crippen molar-refractivity contribution in [3.05, 3.63) is 27.6 Å². The molecule has 1 aliphatic heterocycles. The van der Waals surface area contributed by atoms with Gasteiger partial charge in [-0.1, -0.05) is 11.6 Å². The molecule has 0 unspecified atom stereocenters. The first kappa shape index (κ1) is 15.5. The number of aromatic amines is 2. The Kier molecular flexibility index (Phi) is 4.00. The van der Waals surface area contributed by atoms with Crippen molar-refractivity contribution in [2.45, 2.75) is 23.5 Å². The van der Waals surface area contributed by atoms with Crippen LogP contribution in [0.5, 0.6) is 0 Å². The van der Waals surface area contributed by atoms with Crippen LogP contribution in [0.25, 0.3) is 11.0 Å². The summed E-state index contributed by atoms with van der Waals surface area (Å²) in [5.41, 5.74) is 0.302. The highest BCUT2D eigenvalue weighted by molar-refractivity contribution is 7.89. The van der Waals surface area contributed by atoms with Crippen molar-refractivity contribution >= 4 is 32.7 Å². The van der Waals surface area contributed by atoms with Gasteiger partial charge in [-0.2, -0.15) is 0 Å². The van der Waals surface area contributed by atoms with Crippen LogP contribution in [-0.4, -0.2) is 48.9 Å². The Labute approximate surface area is 130 Å². The number of nitrogens with one attached hydrogen (secondary N) is 3. The first-order chi connectivity index (χ1) is 10.4. The van der Waals surface area contributed by atoms with Gasteiger partial charge in [-0.05, 0) is 18.6 Å². The minimum Gasteiger partial charge on any atom is -0.389 e. The van der Waals surface area contributed by atoms with Crippen molar-refractivity contribution in [3.8, 4) is 0 Å². The number of hydrogen-bond acceptors (Lipinski definition) is 5. The Hall–Kier alpha value is -1.39. The molecule has 0 spiro atoms. The van der Waals surface area contributed by atoms with Crippen molar-refractivity contribution in [2.24, 2.45) is 0 Å². The number of hydrogen-bond donors (Lipinski definition) is 4. The first-order valence-electron chi connectivity index (χ1n) is 6.56. The van der Waals surface area contributed by atoms with Gasteiger partial charge < -0.3 is 19.8 Å². The molecule has 1 aliphatic rings. The predicted molar refractivity (Wildman–Crippen MR) is 79.5 cm³/mol. The van der Waals surface area contributed by atoms with Gasteiger partial charge in [-0.15, -0.1) is 0 Å². The molecule has 0 amide bonds. The third-order valence-corrected chi connectivity index (χ3v) is 5.45. The van der Waals surface area contributed by atoms with Crippen LogP contribution in [0.2, 0.25) is 5.02 Å². The van der Waals surface area contributed by atoms with Crippen LogP contribution < -0.4 is 10.4 Å². The maximum Gasteiger partial charge on any atom is 0.323 e. The SMILES string of the molecule is O=c1[nH]c2cc(Cl)c(S(=O)(=O)N[C@@H]3CCOC[C@H]3O)cc2[nH]1. The topological polar surface area (TPSA) is 124 Å². The molecule has 120 valence electrons. The van der Waals surface area contributed by atoms with Gasteiger partial charge >= 0.3 is 5.69 Å². The summed E-state index contributed by atoms with van der Waals surface area (Å²) in [4.78, 5) is 16.1. The number of fused-ring (bicyclic) bond motifs is 1. The first-order valence-corrected chi connectivity index (χ1v) is 8.42. The van der Waals surface area contributed by atoms with E-state index in [0.29, 0.717) is 24.1 Å². The average Bonchev–Trinajstić information content (AvgIpc) is 2.79. The van der Waals surface area contributed by atoms with Crippen LogP contribution >= 0.6 is 11.6 Å². The molecule has 3 rings (SSSR count). The average molecular weight is 348 g/mol. The molecule has 0 bridgehead atoms. The molecule has 2 atom stereocenters. The quantitative estimate of drug-likeness (QED) is 0.619. The zero-order valence-corrected chi connectivity index (χ0v) is 12.9. The number of aliphatic hydroxyl groups is 1. The van der Waals surface area contributed by atoms with Gasteiger partial charge in [0, 0.05) is 6.61 Å². The van der Waals surface area contributed by atoms with Crippen molar-refractivity contribution in [1.82, 2.24) is 14.7 Å². The summed E-state index contributed by atoms with van der Waals surface area (Å²) in [5.74, 6) is 0. The molecule has 1 aromatic carbocycles. The highest BCUT2D eigenvalue weighted by atomic mass is 35.5. The second-order valence-corrected chi connectivity index (χ2v) is 7.16. The van der Waals surface area contributed by atoms with Crippen molar-refractivity contribution in [1.29, 1.82) is 0 Å². The number of ether oxygens (including phenoxy) is 1.